The Bertz CT molecular complexity index is 1490. The fourth-order valence-corrected chi connectivity index (χ4v) is 5.81. The number of hydrogen-bond acceptors (Lipinski definition) is 7. The summed E-state index contributed by atoms with van der Waals surface area (Å²) in [5.41, 5.74) is 3.32. The predicted octanol–water partition coefficient (Wildman–Crippen LogP) is 3.47. The summed E-state index contributed by atoms with van der Waals surface area (Å²) in [6, 6.07) is 8.12. The maximum atomic E-state index is 14.0. The van der Waals surface area contributed by atoms with Crippen molar-refractivity contribution in [3.05, 3.63) is 59.9 Å². The number of aliphatic hydroxyl groups is 1. The zero-order chi connectivity index (χ0) is 32.9. The molecule has 45 heavy (non-hydrogen) atoms. The highest BCUT2D eigenvalue weighted by Gasteiger charge is 2.44. The molecule has 3 amide bonds. The molecule has 1 saturated carbocycles. The van der Waals surface area contributed by atoms with Crippen LogP contribution in [0.3, 0.4) is 0 Å². The topological polar surface area (TPSA) is 161 Å². The number of aryl methyl sites for hydroxylation is 1. The third-order valence-corrected chi connectivity index (χ3v) is 8.90. The predicted molar refractivity (Wildman–Crippen MR) is 171 cm³/mol. The molecule has 4 rings (SSSR count). The molecule has 1 aromatic carbocycles. The maximum Gasteiger partial charge on any atom is 0.322 e. The van der Waals surface area contributed by atoms with E-state index in [9.17, 15) is 29.4 Å². The van der Waals surface area contributed by atoms with Crippen LogP contribution in [-0.4, -0.2) is 68.1 Å². The minimum atomic E-state index is -1.07. The Hall–Kier alpha value is -4.09. The smallest absolute Gasteiger partial charge is 0.322 e. The van der Waals surface area contributed by atoms with Gasteiger partial charge in [0.1, 0.15) is 17.8 Å². The van der Waals surface area contributed by atoms with Gasteiger partial charge >= 0.3 is 5.97 Å². The first-order valence-corrected chi connectivity index (χ1v) is 15.7. The fourth-order valence-electron chi connectivity index (χ4n) is 5.81. The Morgan fingerprint density at radius 1 is 1.16 bits per heavy atom. The van der Waals surface area contributed by atoms with Crippen molar-refractivity contribution in [3.8, 4) is 0 Å². The number of nitrogens with zero attached hydrogens (tertiary/aromatic N) is 2. The van der Waals surface area contributed by atoms with Crippen molar-refractivity contribution < 1.29 is 29.4 Å². The normalized spacial score (nSPS) is 24.4. The van der Waals surface area contributed by atoms with Crippen LogP contribution in [0.2, 0.25) is 0 Å². The van der Waals surface area contributed by atoms with E-state index in [2.05, 4.69) is 29.6 Å². The Labute approximate surface area is 264 Å². The molecule has 0 spiro atoms. The highest BCUT2D eigenvalue weighted by molar-refractivity contribution is 5.99. The van der Waals surface area contributed by atoms with Crippen LogP contribution in [0.4, 0.5) is 0 Å². The molecule has 0 bridgehead atoms. The number of aromatic nitrogens is 1. The maximum absolute atomic E-state index is 14.0. The van der Waals surface area contributed by atoms with Crippen LogP contribution in [0.1, 0.15) is 77.5 Å². The van der Waals surface area contributed by atoms with Crippen molar-refractivity contribution in [2.75, 3.05) is 6.54 Å². The average Bonchev–Trinajstić information content (AvgIpc) is 3.02. The molecule has 2 heterocycles. The molecule has 1 aromatic heterocycles. The monoisotopic (exact) mass is 619 g/mol. The number of nitrogens with one attached hydrogen (secondary N) is 3. The summed E-state index contributed by atoms with van der Waals surface area (Å²) in [6.45, 7) is 11.4. The van der Waals surface area contributed by atoms with Crippen LogP contribution >= 0.6 is 0 Å². The first-order valence-electron chi connectivity index (χ1n) is 15.7. The second-order valence-corrected chi connectivity index (χ2v) is 12.9. The third-order valence-electron chi connectivity index (χ3n) is 8.90. The standard InChI is InChI=1S/C34H45N5O6/c1-6-25-12-11-24-10-9-23(20-27(24)36-25)13-14-34(17-15-33(5,45)16-18-34)32(44)37-28(21(2)3)29(40)35-22(4)30(41)39-19-7-8-26(38-39)31(42)43/h9-14,20-21,26,28,38,45H,4,6-8,15-19H2,1-3,5H3,(H,35,40)(H,37,44)(H,42,43)/b14-13+/t26-,28-,33?,34?/m0/s1. The molecule has 0 unspecified atom stereocenters. The number of amides is 3. The molecule has 2 atom stereocenters. The molecular formula is C34H45N5O6. The van der Waals surface area contributed by atoms with E-state index in [-0.39, 0.29) is 24.1 Å². The quantitative estimate of drug-likeness (QED) is 0.253. The lowest BCUT2D eigenvalue weighted by Crippen LogP contribution is -2.58. The van der Waals surface area contributed by atoms with Gasteiger partial charge in [0.2, 0.25) is 11.8 Å². The zero-order valence-corrected chi connectivity index (χ0v) is 26.6. The first-order chi connectivity index (χ1) is 21.2. The lowest BCUT2D eigenvalue weighted by Gasteiger charge is -2.40. The van der Waals surface area contributed by atoms with E-state index in [1.165, 1.54) is 0 Å². The van der Waals surface area contributed by atoms with E-state index in [4.69, 9.17) is 4.98 Å². The van der Waals surface area contributed by atoms with Crippen LogP contribution in [-0.2, 0) is 25.6 Å². The molecule has 0 radical (unpaired) electrons. The zero-order valence-electron chi connectivity index (χ0n) is 26.6. The van der Waals surface area contributed by atoms with Crippen LogP contribution in [0.15, 0.2) is 48.7 Å². The summed E-state index contributed by atoms with van der Waals surface area (Å²) < 4.78 is 0. The average molecular weight is 620 g/mol. The van der Waals surface area contributed by atoms with Crippen molar-refractivity contribution in [2.45, 2.75) is 90.3 Å². The van der Waals surface area contributed by atoms with E-state index in [0.29, 0.717) is 38.5 Å². The molecule has 2 aliphatic rings. The molecule has 242 valence electrons. The number of fused-ring (bicyclic) bond motifs is 1. The molecule has 5 N–H and O–H groups in total. The van der Waals surface area contributed by atoms with Gasteiger partial charge in [0.25, 0.3) is 5.91 Å². The molecule has 11 heteroatoms. The van der Waals surface area contributed by atoms with Crippen LogP contribution in [0.5, 0.6) is 0 Å². The molecular weight excluding hydrogens is 574 g/mol. The second-order valence-electron chi connectivity index (χ2n) is 12.9. The largest absolute Gasteiger partial charge is 0.480 e. The molecule has 1 aliphatic heterocycles. The second kappa shape index (κ2) is 13.9. The van der Waals surface area contributed by atoms with Gasteiger partial charge in [-0.3, -0.25) is 29.2 Å². The van der Waals surface area contributed by atoms with Gasteiger partial charge in [0.05, 0.1) is 16.5 Å². The number of aliphatic carboxylic acids is 1. The minimum absolute atomic E-state index is 0.224. The Morgan fingerprint density at radius 2 is 1.84 bits per heavy atom. The van der Waals surface area contributed by atoms with Gasteiger partial charge in [-0.2, -0.15) is 0 Å². The molecule has 2 aromatic rings. The number of hydrazine groups is 1. The summed E-state index contributed by atoms with van der Waals surface area (Å²) in [6.07, 6.45) is 7.06. The van der Waals surface area contributed by atoms with Crippen molar-refractivity contribution in [1.82, 2.24) is 26.1 Å². The Balaban J connectivity index is 1.51. The lowest BCUT2D eigenvalue weighted by molar-refractivity contribution is -0.146. The van der Waals surface area contributed by atoms with Crippen molar-refractivity contribution >= 4 is 40.7 Å². The summed E-state index contributed by atoms with van der Waals surface area (Å²) in [7, 11) is 0. The van der Waals surface area contributed by atoms with E-state index in [1.54, 1.807) is 20.8 Å². The Kier molecular flexibility index (Phi) is 10.4. The number of carboxylic acid groups (broad SMARTS) is 1. The van der Waals surface area contributed by atoms with Gasteiger partial charge in [-0.25, -0.2) is 5.43 Å². The number of carbonyl (C=O) groups excluding carboxylic acids is 3. The third kappa shape index (κ3) is 8.15. The molecule has 1 aliphatic carbocycles. The summed E-state index contributed by atoms with van der Waals surface area (Å²) in [5, 5.41) is 27.6. The first kappa shape index (κ1) is 33.8. The van der Waals surface area contributed by atoms with Gasteiger partial charge < -0.3 is 20.8 Å². The van der Waals surface area contributed by atoms with E-state index in [0.717, 1.165) is 33.6 Å². The van der Waals surface area contributed by atoms with Crippen molar-refractivity contribution in [1.29, 1.82) is 0 Å². The van der Waals surface area contributed by atoms with Crippen LogP contribution in [0.25, 0.3) is 17.0 Å². The van der Waals surface area contributed by atoms with Crippen LogP contribution in [0, 0.1) is 11.3 Å². The van der Waals surface area contributed by atoms with E-state index < -0.39 is 40.9 Å². The van der Waals surface area contributed by atoms with E-state index >= 15 is 0 Å². The number of carboxylic acids is 1. The van der Waals surface area contributed by atoms with Gasteiger partial charge in [0, 0.05) is 17.6 Å². The van der Waals surface area contributed by atoms with Crippen molar-refractivity contribution in [2.24, 2.45) is 11.3 Å². The SMILES string of the molecule is C=C(NC(=O)[C@@H](NC(=O)C1(/C=C/c2ccc3ccc(CC)nc3c2)CCC(C)(O)CC1)C(C)C)C(=O)N1CCC[C@@H](C(=O)O)N1. The summed E-state index contributed by atoms with van der Waals surface area (Å²) >= 11 is 0. The highest BCUT2D eigenvalue weighted by atomic mass is 16.4. The van der Waals surface area contributed by atoms with Gasteiger partial charge in [0.15, 0.2) is 0 Å². The summed E-state index contributed by atoms with van der Waals surface area (Å²) in [5.74, 6) is -2.98. The van der Waals surface area contributed by atoms with E-state index in [1.807, 2.05) is 42.5 Å². The van der Waals surface area contributed by atoms with Gasteiger partial charge in [-0.05, 0) is 75.5 Å². The minimum Gasteiger partial charge on any atom is -0.480 e. The number of rotatable bonds is 10. The van der Waals surface area contributed by atoms with Crippen molar-refractivity contribution in [3.63, 3.8) is 0 Å². The number of pyridine rings is 1. The highest BCUT2D eigenvalue weighted by Crippen LogP contribution is 2.43. The fraction of sp³-hybridized carbons (Fsp3) is 0.500. The Morgan fingerprint density at radius 3 is 2.49 bits per heavy atom. The lowest BCUT2D eigenvalue weighted by atomic mass is 9.68. The number of hydrogen-bond donors (Lipinski definition) is 5. The molecule has 2 fully saturated rings. The number of benzene rings is 1. The van der Waals surface area contributed by atoms with Gasteiger partial charge in [-0.1, -0.05) is 57.7 Å². The molecule has 11 nitrogen and oxygen atoms in total. The molecule has 1 saturated heterocycles. The van der Waals surface area contributed by atoms with Crippen LogP contribution < -0.4 is 16.1 Å². The number of carbonyl (C=O) groups is 4. The van der Waals surface area contributed by atoms with Gasteiger partial charge in [-0.15, -0.1) is 0 Å². The summed E-state index contributed by atoms with van der Waals surface area (Å²) in [4.78, 5) is 56.5.